The van der Waals surface area contributed by atoms with Crippen molar-refractivity contribution in [3.8, 4) is 11.5 Å². The molecule has 0 fully saturated rings. The summed E-state index contributed by atoms with van der Waals surface area (Å²) in [5, 5.41) is 0. The molecule has 0 aliphatic rings. The average Bonchev–Trinajstić information content (AvgIpc) is 2.79. The number of ether oxygens (including phenoxy) is 2. The summed E-state index contributed by atoms with van der Waals surface area (Å²) in [7, 11) is 0. The van der Waals surface area contributed by atoms with Crippen molar-refractivity contribution in [3.63, 3.8) is 0 Å². The van der Waals surface area contributed by atoms with Gasteiger partial charge in [-0.15, -0.1) is 0 Å². The van der Waals surface area contributed by atoms with Crippen molar-refractivity contribution in [1.82, 2.24) is 0 Å². The Hall–Kier alpha value is -3.47. The van der Waals surface area contributed by atoms with Gasteiger partial charge in [-0.3, -0.25) is 4.99 Å². The number of carbonyl (C=O) groups is 1. The lowest BCUT2D eigenvalue weighted by molar-refractivity contribution is 0.0734. The van der Waals surface area contributed by atoms with Crippen LogP contribution < -0.4 is 9.47 Å². The standard InChI is InChI=1S/C26H26FNO3/c1-2-3-4-5-17-30-24-15-11-21(12-16-24)26(29)31-25-13-9-20(10-14-25)19-28-23-8-6-7-22(27)18-23/h6-16,18-19H,2-5,17H2,1H3. The van der Waals surface area contributed by atoms with Crippen LogP contribution >= 0.6 is 0 Å². The van der Waals surface area contributed by atoms with Crippen LogP contribution in [0.1, 0.15) is 48.5 Å². The van der Waals surface area contributed by atoms with Crippen LogP contribution in [-0.4, -0.2) is 18.8 Å². The summed E-state index contributed by atoms with van der Waals surface area (Å²) < 4.78 is 24.3. The van der Waals surface area contributed by atoms with Gasteiger partial charge in [0, 0.05) is 6.21 Å². The second kappa shape index (κ2) is 11.6. The van der Waals surface area contributed by atoms with Gasteiger partial charge in [-0.05, 0) is 78.7 Å². The highest BCUT2D eigenvalue weighted by molar-refractivity contribution is 5.91. The van der Waals surface area contributed by atoms with Gasteiger partial charge in [-0.1, -0.05) is 32.3 Å². The molecule has 0 saturated heterocycles. The van der Waals surface area contributed by atoms with Crippen molar-refractivity contribution < 1.29 is 18.7 Å². The highest BCUT2D eigenvalue weighted by Crippen LogP contribution is 2.18. The number of halogens is 1. The molecule has 3 aromatic rings. The minimum Gasteiger partial charge on any atom is -0.494 e. The maximum Gasteiger partial charge on any atom is 0.343 e. The minimum absolute atomic E-state index is 0.330. The summed E-state index contributed by atoms with van der Waals surface area (Å²) in [4.78, 5) is 16.6. The third-order valence-corrected chi connectivity index (χ3v) is 4.62. The van der Waals surface area contributed by atoms with Crippen molar-refractivity contribution >= 4 is 17.9 Å². The molecular weight excluding hydrogens is 393 g/mol. The zero-order chi connectivity index (χ0) is 21.9. The SMILES string of the molecule is CCCCCCOc1ccc(C(=O)Oc2ccc(C=Nc3cccc(F)c3)cc2)cc1. The molecule has 0 radical (unpaired) electrons. The first-order chi connectivity index (χ1) is 15.1. The van der Waals surface area contributed by atoms with Crippen molar-refractivity contribution in [3.05, 3.63) is 89.7 Å². The second-order valence-corrected chi connectivity index (χ2v) is 7.13. The Morgan fingerprint density at radius 1 is 0.935 bits per heavy atom. The Morgan fingerprint density at radius 2 is 1.68 bits per heavy atom. The van der Waals surface area contributed by atoms with Gasteiger partial charge >= 0.3 is 5.97 Å². The molecule has 0 spiro atoms. The van der Waals surface area contributed by atoms with E-state index in [0.717, 1.165) is 24.2 Å². The Balaban J connectivity index is 1.51. The zero-order valence-corrected chi connectivity index (χ0v) is 17.6. The Kier molecular flexibility index (Phi) is 8.35. The number of benzene rings is 3. The van der Waals surface area contributed by atoms with Crippen molar-refractivity contribution in [1.29, 1.82) is 0 Å². The van der Waals surface area contributed by atoms with Crippen LogP contribution in [0.15, 0.2) is 77.8 Å². The fourth-order valence-electron chi connectivity index (χ4n) is 2.90. The lowest BCUT2D eigenvalue weighted by Crippen LogP contribution is -2.08. The Morgan fingerprint density at radius 3 is 2.39 bits per heavy atom. The predicted octanol–water partition coefficient (Wildman–Crippen LogP) is 6.75. The number of aliphatic imine (C=N–C) groups is 1. The van der Waals surface area contributed by atoms with E-state index in [1.165, 1.54) is 25.0 Å². The maximum atomic E-state index is 13.2. The Labute approximate surface area is 182 Å². The first-order valence-electron chi connectivity index (χ1n) is 10.5. The van der Waals surface area contributed by atoms with Gasteiger partial charge in [-0.2, -0.15) is 0 Å². The van der Waals surface area contributed by atoms with E-state index in [4.69, 9.17) is 9.47 Å². The summed E-state index contributed by atoms with van der Waals surface area (Å²) in [6, 6.07) is 20.0. The predicted molar refractivity (Wildman–Crippen MR) is 121 cm³/mol. The molecule has 3 aromatic carbocycles. The van der Waals surface area contributed by atoms with Crippen LogP contribution in [0.5, 0.6) is 11.5 Å². The molecule has 0 saturated carbocycles. The molecule has 0 unspecified atom stereocenters. The van der Waals surface area contributed by atoms with E-state index in [9.17, 15) is 9.18 Å². The van der Waals surface area contributed by atoms with E-state index in [2.05, 4.69) is 11.9 Å². The van der Waals surface area contributed by atoms with Gasteiger partial charge < -0.3 is 9.47 Å². The third kappa shape index (κ3) is 7.37. The monoisotopic (exact) mass is 419 g/mol. The van der Waals surface area contributed by atoms with Crippen LogP contribution in [0.25, 0.3) is 0 Å². The zero-order valence-electron chi connectivity index (χ0n) is 17.6. The minimum atomic E-state index is -0.435. The number of carbonyl (C=O) groups excluding carboxylic acids is 1. The summed E-state index contributed by atoms with van der Waals surface area (Å²) in [6.07, 6.45) is 6.23. The normalized spacial score (nSPS) is 10.9. The fraction of sp³-hybridized carbons (Fsp3) is 0.231. The maximum absolute atomic E-state index is 13.2. The van der Waals surface area contributed by atoms with Crippen LogP contribution in [0.4, 0.5) is 10.1 Å². The fourth-order valence-corrected chi connectivity index (χ4v) is 2.90. The van der Waals surface area contributed by atoms with E-state index >= 15 is 0 Å². The molecule has 0 aliphatic carbocycles. The van der Waals surface area contributed by atoms with Gasteiger partial charge in [0.25, 0.3) is 0 Å². The summed E-state index contributed by atoms with van der Waals surface area (Å²) >= 11 is 0. The molecule has 0 aromatic heterocycles. The van der Waals surface area contributed by atoms with Gasteiger partial charge in [0.05, 0.1) is 17.9 Å². The van der Waals surface area contributed by atoms with E-state index < -0.39 is 5.97 Å². The number of hydrogen-bond acceptors (Lipinski definition) is 4. The van der Waals surface area contributed by atoms with Gasteiger partial charge in [0.2, 0.25) is 0 Å². The van der Waals surface area contributed by atoms with Crippen LogP contribution in [0, 0.1) is 5.82 Å². The Bertz CT molecular complexity index is 998. The topological polar surface area (TPSA) is 47.9 Å². The number of nitrogens with zero attached hydrogens (tertiary/aromatic N) is 1. The molecule has 0 N–H and O–H groups in total. The number of esters is 1. The molecule has 4 nitrogen and oxygen atoms in total. The lowest BCUT2D eigenvalue weighted by atomic mass is 10.2. The molecule has 31 heavy (non-hydrogen) atoms. The van der Waals surface area contributed by atoms with E-state index in [0.29, 0.717) is 23.6 Å². The molecule has 3 rings (SSSR count). The molecule has 0 bridgehead atoms. The van der Waals surface area contributed by atoms with E-state index in [1.807, 2.05) is 0 Å². The third-order valence-electron chi connectivity index (χ3n) is 4.62. The molecule has 0 aliphatic heterocycles. The first-order valence-corrected chi connectivity index (χ1v) is 10.5. The first kappa shape index (κ1) is 22.2. The highest BCUT2D eigenvalue weighted by Gasteiger charge is 2.09. The summed E-state index contributed by atoms with van der Waals surface area (Å²) in [5.41, 5.74) is 1.79. The van der Waals surface area contributed by atoms with Gasteiger partial charge in [-0.25, -0.2) is 9.18 Å². The van der Waals surface area contributed by atoms with Gasteiger partial charge in [0.15, 0.2) is 0 Å². The molecule has 0 amide bonds. The van der Waals surface area contributed by atoms with Crippen molar-refractivity contribution in [2.45, 2.75) is 32.6 Å². The van der Waals surface area contributed by atoms with Crippen molar-refractivity contribution in [2.75, 3.05) is 6.61 Å². The number of hydrogen-bond donors (Lipinski definition) is 0. The molecule has 5 heteroatoms. The number of unbranched alkanes of at least 4 members (excludes halogenated alkanes) is 3. The summed E-state index contributed by atoms with van der Waals surface area (Å²) in [5.74, 6) is 0.415. The van der Waals surface area contributed by atoms with Crippen LogP contribution in [-0.2, 0) is 0 Å². The molecule has 0 heterocycles. The molecular formula is C26H26FNO3. The van der Waals surface area contributed by atoms with Gasteiger partial charge in [0.1, 0.15) is 17.3 Å². The summed E-state index contributed by atoms with van der Waals surface area (Å²) in [6.45, 7) is 2.86. The molecule has 160 valence electrons. The second-order valence-electron chi connectivity index (χ2n) is 7.13. The lowest BCUT2D eigenvalue weighted by Gasteiger charge is -2.08. The molecule has 0 atom stereocenters. The smallest absolute Gasteiger partial charge is 0.343 e. The van der Waals surface area contributed by atoms with Crippen molar-refractivity contribution in [2.24, 2.45) is 4.99 Å². The quantitative estimate of drug-likeness (QED) is 0.158. The van der Waals surface area contributed by atoms with Crippen LogP contribution in [0.2, 0.25) is 0 Å². The highest BCUT2D eigenvalue weighted by atomic mass is 19.1. The van der Waals surface area contributed by atoms with E-state index in [-0.39, 0.29) is 5.82 Å². The van der Waals surface area contributed by atoms with Crippen LogP contribution in [0.3, 0.4) is 0 Å². The average molecular weight is 419 g/mol. The van der Waals surface area contributed by atoms with E-state index in [1.54, 1.807) is 66.9 Å². The largest absolute Gasteiger partial charge is 0.494 e. The number of rotatable bonds is 10.